The van der Waals surface area contributed by atoms with Gasteiger partial charge in [0.15, 0.2) is 0 Å². The SMILES string of the molecule is C=C(C)C(=O)N(CCC[N+](C)(C)CCCS(=O)(=O)O)c1cccc2c1Cc1ccccc1-2.[OH-]. The van der Waals surface area contributed by atoms with E-state index in [0.717, 1.165) is 25.1 Å². The molecule has 0 fully saturated rings. The number of nitrogens with zero attached hydrogens (tertiary/aromatic N) is 2. The van der Waals surface area contributed by atoms with Gasteiger partial charge in [-0.15, -0.1) is 0 Å². The molecule has 1 aliphatic rings. The van der Waals surface area contributed by atoms with Crippen LogP contribution < -0.4 is 4.90 Å². The van der Waals surface area contributed by atoms with E-state index in [1.54, 1.807) is 6.92 Å². The van der Waals surface area contributed by atoms with Crippen LogP contribution in [0.3, 0.4) is 0 Å². The first-order valence-corrected chi connectivity index (χ1v) is 12.5. The van der Waals surface area contributed by atoms with Crippen molar-refractivity contribution in [2.24, 2.45) is 0 Å². The number of fused-ring (bicyclic) bond motifs is 3. The fourth-order valence-electron chi connectivity index (χ4n) is 4.40. The van der Waals surface area contributed by atoms with Gasteiger partial charge < -0.3 is 14.9 Å². The lowest BCUT2D eigenvalue weighted by molar-refractivity contribution is -0.890. The Labute approximate surface area is 197 Å². The van der Waals surface area contributed by atoms with Crippen molar-refractivity contribution in [1.82, 2.24) is 0 Å². The first kappa shape index (κ1) is 26.7. The van der Waals surface area contributed by atoms with Gasteiger partial charge in [0.25, 0.3) is 16.0 Å². The van der Waals surface area contributed by atoms with Crippen molar-refractivity contribution in [2.45, 2.75) is 26.2 Å². The van der Waals surface area contributed by atoms with E-state index < -0.39 is 10.1 Å². The molecule has 8 heteroatoms. The third-order valence-corrected chi connectivity index (χ3v) is 6.84. The van der Waals surface area contributed by atoms with E-state index in [1.165, 1.54) is 22.3 Å². The van der Waals surface area contributed by atoms with Crippen LogP contribution in [0.1, 0.15) is 30.9 Å². The number of hydrogen-bond acceptors (Lipinski definition) is 4. The lowest BCUT2D eigenvalue weighted by Crippen LogP contribution is -2.43. The molecule has 33 heavy (non-hydrogen) atoms. The van der Waals surface area contributed by atoms with Crippen LogP contribution in [0.5, 0.6) is 0 Å². The van der Waals surface area contributed by atoms with Gasteiger partial charge in [-0.25, -0.2) is 0 Å². The van der Waals surface area contributed by atoms with E-state index in [9.17, 15) is 13.2 Å². The molecule has 2 aromatic rings. The van der Waals surface area contributed by atoms with Crippen LogP contribution in [0.25, 0.3) is 11.1 Å². The molecular formula is C25H34N2O5S. The highest BCUT2D eigenvalue weighted by Crippen LogP contribution is 2.41. The summed E-state index contributed by atoms with van der Waals surface area (Å²) in [6.07, 6.45) is 1.96. The lowest BCUT2D eigenvalue weighted by Gasteiger charge is -2.31. The van der Waals surface area contributed by atoms with Gasteiger partial charge in [-0.05, 0) is 35.2 Å². The molecule has 7 nitrogen and oxygen atoms in total. The normalized spacial score (nSPS) is 12.5. The Morgan fingerprint density at radius 2 is 1.70 bits per heavy atom. The van der Waals surface area contributed by atoms with Crippen molar-refractivity contribution in [3.05, 3.63) is 65.7 Å². The van der Waals surface area contributed by atoms with Crippen molar-refractivity contribution in [3.8, 4) is 11.1 Å². The number of rotatable bonds is 10. The number of amides is 1. The zero-order chi connectivity index (χ0) is 23.5. The smallest absolute Gasteiger partial charge is 0.265 e. The van der Waals surface area contributed by atoms with Gasteiger partial charge in [-0.1, -0.05) is 43.0 Å². The molecule has 0 spiro atoms. The maximum atomic E-state index is 13.1. The maximum absolute atomic E-state index is 13.1. The van der Waals surface area contributed by atoms with Crippen LogP contribution in [0.4, 0.5) is 5.69 Å². The molecule has 0 bridgehead atoms. The number of carbonyl (C=O) groups excluding carboxylic acids is 1. The highest BCUT2D eigenvalue weighted by Gasteiger charge is 2.26. The molecule has 3 rings (SSSR count). The van der Waals surface area contributed by atoms with Gasteiger partial charge in [-0.2, -0.15) is 8.42 Å². The van der Waals surface area contributed by atoms with Crippen molar-refractivity contribution in [3.63, 3.8) is 0 Å². The molecule has 0 saturated carbocycles. The number of anilines is 1. The zero-order valence-corrected chi connectivity index (χ0v) is 20.4. The van der Waals surface area contributed by atoms with E-state index in [4.69, 9.17) is 4.55 Å². The van der Waals surface area contributed by atoms with Gasteiger partial charge in [0.2, 0.25) is 0 Å². The largest absolute Gasteiger partial charge is 0.870 e. The van der Waals surface area contributed by atoms with Crippen molar-refractivity contribution < 1.29 is 27.7 Å². The van der Waals surface area contributed by atoms with E-state index in [-0.39, 0.29) is 17.1 Å². The molecular weight excluding hydrogens is 440 g/mol. The zero-order valence-electron chi connectivity index (χ0n) is 19.6. The second-order valence-electron chi connectivity index (χ2n) is 9.25. The second-order valence-corrected chi connectivity index (χ2v) is 10.8. The Morgan fingerprint density at radius 1 is 1.06 bits per heavy atom. The summed E-state index contributed by atoms with van der Waals surface area (Å²) in [5.74, 6) is -0.308. The van der Waals surface area contributed by atoms with E-state index >= 15 is 0 Å². The topological polar surface area (TPSA) is 105 Å². The monoisotopic (exact) mass is 474 g/mol. The number of hydrogen-bond donors (Lipinski definition) is 1. The van der Waals surface area contributed by atoms with E-state index in [0.29, 0.717) is 29.6 Å². The molecule has 0 aliphatic heterocycles. The highest BCUT2D eigenvalue weighted by atomic mass is 32.2. The quantitative estimate of drug-likeness (QED) is 0.274. The molecule has 0 radical (unpaired) electrons. The van der Waals surface area contributed by atoms with E-state index in [2.05, 4.69) is 24.8 Å². The molecule has 0 atom stereocenters. The Hall–Kier alpha value is -2.52. The molecule has 180 valence electrons. The van der Waals surface area contributed by atoms with Crippen LogP contribution in [0, 0.1) is 0 Å². The fourth-order valence-corrected chi connectivity index (χ4v) is 4.89. The van der Waals surface area contributed by atoms with Crippen molar-refractivity contribution in [1.29, 1.82) is 0 Å². The van der Waals surface area contributed by atoms with Crippen LogP contribution >= 0.6 is 0 Å². The average Bonchev–Trinajstić information content (AvgIpc) is 3.08. The predicted molar refractivity (Wildman–Crippen MR) is 131 cm³/mol. The van der Waals surface area contributed by atoms with Gasteiger partial charge in [0.05, 0.1) is 32.9 Å². The second kappa shape index (κ2) is 10.6. The molecule has 0 aromatic heterocycles. The standard InChI is InChI=1S/C25H32N2O4S.H2O/c1-19(2)25(28)26(14-8-15-27(3,4)16-9-17-32(29,30)31)24-13-7-12-22-21-11-6-5-10-20(21)18-23(22)24;/h5-7,10-13H,1,8-9,14-18H2,2-4H3;1H2. The van der Waals surface area contributed by atoms with Crippen LogP contribution in [-0.2, 0) is 21.3 Å². The molecule has 0 unspecified atom stereocenters. The Balaban J connectivity index is 0.00000385. The first-order valence-electron chi connectivity index (χ1n) is 10.9. The van der Waals surface area contributed by atoms with Gasteiger partial charge >= 0.3 is 0 Å². The summed E-state index contributed by atoms with van der Waals surface area (Å²) in [6, 6.07) is 14.5. The molecule has 0 heterocycles. The number of quaternary nitrogens is 1. The minimum Gasteiger partial charge on any atom is -0.870 e. The van der Waals surface area contributed by atoms with Gasteiger partial charge in [0.1, 0.15) is 0 Å². The Morgan fingerprint density at radius 3 is 2.36 bits per heavy atom. The summed E-state index contributed by atoms with van der Waals surface area (Å²) in [6.45, 7) is 7.58. The molecule has 0 saturated heterocycles. The molecule has 2 N–H and O–H groups in total. The summed E-state index contributed by atoms with van der Waals surface area (Å²) in [5.41, 5.74) is 6.28. The average molecular weight is 475 g/mol. The van der Waals surface area contributed by atoms with Gasteiger partial charge in [-0.3, -0.25) is 9.35 Å². The summed E-state index contributed by atoms with van der Waals surface area (Å²) >= 11 is 0. The summed E-state index contributed by atoms with van der Waals surface area (Å²) in [5, 5.41) is 0. The molecule has 2 aromatic carbocycles. The first-order chi connectivity index (χ1) is 15.0. The van der Waals surface area contributed by atoms with E-state index in [1.807, 2.05) is 43.3 Å². The third-order valence-electron chi connectivity index (χ3n) is 6.04. The van der Waals surface area contributed by atoms with Gasteiger partial charge in [0, 0.05) is 37.1 Å². The molecule has 1 aliphatic carbocycles. The predicted octanol–water partition coefficient (Wildman–Crippen LogP) is 3.73. The minimum absolute atomic E-state index is 0. The number of benzene rings is 2. The fraction of sp³-hybridized carbons (Fsp3) is 0.400. The minimum atomic E-state index is -3.94. The highest BCUT2D eigenvalue weighted by molar-refractivity contribution is 7.85. The Bertz CT molecular complexity index is 1130. The summed E-state index contributed by atoms with van der Waals surface area (Å²) in [4.78, 5) is 14.9. The van der Waals surface area contributed by atoms with Crippen LogP contribution in [0.15, 0.2) is 54.6 Å². The van der Waals surface area contributed by atoms with Crippen molar-refractivity contribution >= 4 is 21.7 Å². The summed E-state index contributed by atoms with van der Waals surface area (Å²) in [7, 11) is 0.129. The Kier molecular flexibility index (Phi) is 8.59. The van der Waals surface area contributed by atoms with Crippen LogP contribution in [-0.4, -0.2) is 68.3 Å². The number of carbonyl (C=O) groups is 1. The third kappa shape index (κ3) is 6.74. The molecule has 1 amide bonds. The maximum Gasteiger partial charge on any atom is 0.265 e. The summed E-state index contributed by atoms with van der Waals surface area (Å²) < 4.78 is 31.5. The van der Waals surface area contributed by atoms with Crippen LogP contribution in [0.2, 0.25) is 0 Å². The lowest BCUT2D eigenvalue weighted by atomic mass is 10.0. The van der Waals surface area contributed by atoms with Crippen molar-refractivity contribution in [2.75, 3.05) is 44.4 Å².